The zero-order valence-electron chi connectivity index (χ0n) is 10.1. The highest BCUT2D eigenvalue weighted by Crippen LogP contribution is 2.38. The molecule has 2 aliphatic heterocycles. The molecule has 2 saturated heterocycles. The average molecular weight is 235 g/mol. The molecule has 0 N–H and O–H groups in total. The number of ether oxygens (including phenoxy) is 1. The van der Waals surface area contributed by atoms with Gasteiger partial charge in [0.05, 0.1) is 19.5 Å². The molecule has 0 aromatic carbocycles. The summed E-state index contributed by atoms with van der Waals surface area (Å²) >= 11 is 0. The van der Waals surface area contributed by atoms with Gasteiger partial charge in [-0.2, -0.15) is 0 Å². The number of hydrogen-bond acceptors (Lipinski definition) is 3. The maximum atomic E-state index is 12.2. The molecule has 0 unspecified atom stereocenters. The molecule has 0 bridgehead atoms. The Balaban J connectivity index is 1.67. The van der Waals surface area contributed by atoms with E-state index in [9.17, 15) is 4.79 Å². The Kier molecular flexibility index (Phi) is 2.47. The monoisotopic (exact) mass is 235 g/mol. The summed E-state index contributed by atoms with van der Waals surface area (Å²) in [7, 11) is 0. The lowest BCUT2D eigenvalue weighted by Crippen LogP contribution is -2.52. The zero-order valence-corrected chi connectivity index (χ0v) is 10.1. The van der Waals surface area contributed by atoms with Gasteiger partial charge in [-0.3, -0.25) is 4.79 Å². The standard InChI is InChI=1S/C13H17NO3/c1-10-2-7-17-11(10)12(15)14-5-3-13(4-6-14)8-16-9-13/h2,7H,3-6,8-9H2,1H3. The van der Waals surface area contributed by atoms with Gasteiger partial charge < -0.3 is 14.1 Å². The van der Waals surface area contributed by atoms with Gasteiger partial charge in [0, 0.05) is 24.1 Å². The van der Waals surface area contributed by atoms with Crippen LogP contribution in [0.1, 0.15) is 29.0 Å². The number of likely N-dealkylation sites (tertiary alicyclic amines) is 1. The van der Waals surface area contributed by atoms with Crippen LogP contribution in [0.15, 0.2) is 16.7 Å². The Morgan fingerprint density at radius 1 is 1.35 bits per heavy atom. The fraction of sp³-hybridized carbons (Fsp3) is 0.615. The van der Waals surface area contributed by atoms with E-state index in [1.54, 1.807) is 6.26 Å². The Morgan fingerprint density at radius 3 is 2.53 bits per heavy atom. The molecule has 1 aromatic heterocycles. The van der Waals surface area contributed by atoms with Crippen LogP contribution in [0.5, 0.6) is 0 Å². The molecular weight excluding hydrogens is 218 g/mol. The molecule has 0 atom stereocenters. The minimum atomic E-state index is 0.0302. The Hall–Kier alpha value is -1.29. The molecule has 0 radical (unpaired) electrons. The normalized spacial score (nSPS) is 22.5. The summed E-state index contributed by atoms with van der Waals surface area (Å²) in [5, 5.41) is 0. The predicted molar refractivity (Wildman–Crippen MR) is 61.8 cm³/mol. The first-order valence-electron chi connectivity index (χ1n) is 6.11. The van der Waals surface area contributed by atoms with Crippen LogP contribution in [-0.2, 0) is 4.74 Å². The second kappa shape index (κ2) is 3.88. The summed E-state index contributed by atoms with van der Waals surface area (Å²) in [6.45, 7) is 5.29. The lowest BCUT2D eigenvalue weighted by atomic mass is 9.77. The first kappa shape index (κ1) is 10.8. The number of carbonyl (C=O) groups excluding carboxylic acids is 1. The molecule has 92 valence electrons. The van der Waals surface area contributed by atoms with E-state index in [1.165, 1.54) is 0 Å². The third kappa shape index (κ3) is 1.76. The summed E-state index contributed by atoms with van der Waals surface area (Å²) in [4.78, 5) is 14.1. The molecule has 3 heterocycles. The SMILES string of the molecule is Cc1ccoc1C(=O)N1CCC2(CC1)COC2. The molecule has 1 aromatic rings. The van der Waals surface area contributed by atoms with Crippen LogP contribution in [0, 0.1) is 12.3 Å². The Labute approximate surface area is 101 Å². The quantitative estimate of drug-likeness (QED) is 0.746. The van der Waals surface area contributed by atoms with Crippen molar-refractivity contribution in [2.24, 2.45) is 5.41 Å². The van der Waals surface area contributed by atoms with Crippen LogP contribution >= 0.6 is 0 Å². The summed E-state index contributed by atoms with van der Waals surface area (Å²) < 4.78 is 10.5. The number of nitrogens with zero attached hydrogens (tertiary/aromatic N) is 1. The highest BCUT2D eigenvalue weighted by molar-refractivity contribution is 5.92. The van der Waals surface area contributed by atoms with E-state index >= 15 is 0 Å². The molecule has 3 rings (SSSR count). The van der Waals surface area contributed by atoms with E-state index in [0.29, 0.717) is 11.2 Å². The van der Waals surface area contributed by atoms with Gasteiger partial charge in [-0.25, -0.2) is 0 Å². The maximum absolute atomic E-state index is 12.2. The van der Waals surface area contributed by atoms with Crippen LogP contribution in [0.2, 0.25) is 0 Å². The van der Waals surface area contributed by atoms with Crippen molar-refractivity contribution in [2.75, 3.05) is 26.3 Å². The minimum absolute atomic E-state index is 0.0302. The van der Waals surface area contributed by atoms with Gasteiger partial charge in [0.2, 0.25) is 0 Å². The van der Waals surface area contributed by atoms with Gasteiger partial charge in [0.1, 0.15) is 0 Å². The van der Waals surface area contributed by atoms with Gasteiger partial charge in [-0.1, -0.05) is 0 Å². The van der Waals surface area contributed by atoms with Crippen LogP contribution in [0.25, 0.3) is 0 Å². The number of furan rings is 1. The molecule has 0 saturated carbocycles. The predicted octanol–water partition coefficient (Wildman–Crippen LogP) is 1.84. The van der Waals surface area contributed by atoms with Crippen molar-refractivity contribution in [3.8, 4) is 0 Å². The lowest BCUT2D eigenvalue weighted by Gasteiger charge is -2.47. The molecule has 1 amide bonds. The van der Waals surface area contributed by atoms with Crippen molar-refractivity contribution in [1.29, 1.82) is 0 Å². The smallest absolute Gasteiger partial charge is 0.289 e. The lowest BCUT2D eigenvalue weighted by molar-refractivity contribution is -0.136. The first-order chi connectivity index (χ1) is 8.20. The van der Waals surface area contributed by atoms with Crippen molar-refractivity contribution in [1.82, 2.24) is 4.90 Å². The molecule has 4 heteroatoms. The number of carbonyl (C=O) groups is 1. The summed E-state index contributed by atoms with van der Waals surface area (Å²) in [6, 6.07) is 1.83. The van der Waals surface area contributed by atoms with Crippen molar-refractivity contribution in [3.63, 3.8) is 0 Å². The highest BCUT2D eigenvalue weighted by Gasteiger charge is 2.42. The van der Waals surface area contributed by atoms with Gasteiger partial charge >= 0.3 is 0 Å². The van der Waals surface area contributed by atoms with E-state index in [1.807, 2.05) is 17.9 Å². The summed E-state index contributed by atoms with van der Waals surface area (Å²) in [5.41, 5.74) is 1.29. The fourth-order valence-electron chi connectivity index (χ4n) is 2.60. The van der Waals surface area contributed by atoms with E-state index in [4.69, 9.17) is 9.15 Å². The molecule has 0 aliphatic carbocycles. The molecular formula is C13H17NO3. The second-order valence-corrected chi connectivity index (χ2v) is 5.22. The first-order valence-corrected chi connectivity index (χ1v) is 6.11. The number of hydrogen-bond donors (Lipinski definition) is 0. The molecule has 17 heavy (non-hydrogen) atoms. The highest BCUT2D eigenvalue weighted by atomic mass is 16.5. The van der Waals surface area contributed by atoms with E-state index in [2.05, 4.69) is 0 Å². The van der Waals surface area contributed by atoms with Crippen molar-refractivity contribution in [2.45, 2.75) is 19.8 Å². The van der Waals surface area contributed by atoms with E-state index in [-0.39, 0.29) is 5.91 Å². The Bertz CT molecular complexity index is 424. The van der Waals surface area contributed by atoms with Crippen molar-refractivity contribution < 1.29 is 13.9 Å². The van der Waals surface area contributed by atoms with Crippen LogP contribution in [0.3, 0.4) is 0 Å². The average Bonchev–Trinajstić information content (AvgIpc) is 2.73. The third-order valence-corrected chi connectivity index (χ3v) is 3.98. The van der Waals surface area contributed by atoms with Gasteiger partial charge in [0.15, 0.2) is 5.76 Å². The second-order valence-electron chi connectivity index (χ2n) is 5.22. The van der Waals surface area contributed by atoms with Crippen LogP contribution in [-0.4, -0.2) is 37.1 Å². The fourth-order valence-corrected chi connectivity index (χ4v) is 2.60. The van der Waals surface area contributed by atoms with Gasteiger partial charge in [-0.15, -0.1) is 0 Å². The molecule has 1 spiro atoms. The number of rotatable bonds is 1. The zero-order chi connectivity index (χ0) is 11.9. The van der Waals surface area contributed by atoms with Crippen molar-refractivity contribution >= 4 is 5.91 Å². The minimum Gasteiger partial charge on any atom is -0.459 e. The molecule has 2 aliphatic rings. The number of piperidine rings is 1. The van der Waals surface area contributed by atoms with Crippen LogP contribution in [0.4, 0.5) is 0 Å². The summed E-state index contributed by atoms with van der Waals surface area (Å²) in [5.74, 6) is 0.522. The summed E-state index contributed by atoms with van der Waals surface area (Å²) in [6.07, 6.45) is 3.69. The van der Waals surface area contributed by atoms with Gasteiger partial charge in [0.25, 0.3) is 5.91 Å². The third-order valence-electron chi connectivity index (χ3n) is 3.98. The van der Waals surface area contributed by atoms with Crippen LogP contribution < -0.4 is 0 Å². The van der Waals surface area contributed by atoms with E-state index in [0.717, 1.165) is 44.7 Å². The Morgan fingerprint density at radius 2 is 2.06 bits per heavy atom. The van der Waals surface area contributed by atoms with Gasteiger partial charge in [-0.05, 0) is 25.8 Å². The molecule has 2 fully saturated rings. The molecule has 4 nitrogen and oxygen atoms in total. The number of amides is 1. The topological polar surface area (TPSA) is 42.7 Å². The van der Waals surface area contributed by atoms with Crippen molar-refractivity contribution in [3.05, 3.63) is 23.7 Å². The number of aryl methyl sites for hydroxylation is 1. The maximum Gasteiger partial charge on any atom is 0.289 e. The van der Waals surface area contributed by atoms with E-state index < -0.39 is 0 Å². The largest absolute Gasteiger partial charge is 0.459 e.